The second-order valence-electron chi connectivity index (χ2n) is 6.50. The predicted molar refractivity (Wildman–Crippen MR) is 93.4 cm³/mol. The average Bonchev–Trinajstić information content (AvgIpc) is 3.02. The summed E-state index contributed by atoms with van der Waals surface area (Å²) in [5.74, 6) is 0.0797. The molecule has 0 atom stereocenters. The highest BCUT2D eigenvalue weighted by Crippen LogP contribution is 2.37. The number of nitrogens with two attached hydrogens (primary N) is 1. The number of likely N-dealkylation sites (tertiary alicyclic amines) is 1. The van der Waals surface area contributed by atoms with Gasteiger partial charge in [0.2, 0.25) is 0 Å². The maximum atomic E-state index is 12.6. The van der Waals surface area contributed by atoms with Gasteiger partial charge in [-0.05, 0) is 55.5 Å². The van der Waals surface area contributed by atoms with Crippen molar-refractivity contribution in [2.75, 3.05) is 32.8 Å². The van der Waals surface area contributed by atoms with Crippen molar-refractivity contribution < 1.29 is 14.3 Å². The maximum absolute atomic E-state index is 12.6. The molecule has 0 radical (unpaired) electrons. The summed E-state index contributed by atoms with van der Waals surface area (Å²) in [5.41, 5.74) is 6.09. The van der Waals surface area contributed by atoms with E-state index >= 15 is 0 Å². The lowest BCUT2D eigenvalue weighted by Crippen LogP contribution is -2.44. The molecule has 3 N–H and O–H groups in total. The molecule has 2 heterocycles. The first-order valence-electron chi connectivity index (χ1n) is 8.09. The van der Waals surface area contributed by atoms with Crippen molar-refractivity contribution in [1.29, 1.82) is 0 Å². The number of carbonyl (C=O) groups is 2. The third-order valence-corrected chi connectivity index (χ3v) is 4.93. The zero-order valence-electron chi connectivity index (χ0n) is 13.6. The van der Waals surface area contributed by atoms with Gasteiger partial charge in [-0.1, -0.05) is 0 Å². The SMILES string of the molecule is Cl.NC(=O)COc1ccc(C(=O)N2CCC3(CCNC3)CC2)cc1. The molecule has 2 aliphatic heterocycles. The molecule has 2 aliphatic rings. The number of nitrogens with one attached hydrogen (secondary N) is 1. The molecular formula is C17H24ClN3O3. The third-order valence-electron chi connectivity index (χ3n) is 4.93. The Labute approximate surface area is 148 Å². The van der Waals surface area contributed by atoms with Crippen LogP contribution in [0.1, 0.15) is 29.6 Å². The van der Waals surface area contributed by atoms with Crippen molar-refractivity contribution in [3.8, 4) is 5.75 Å². The highest BCUT2D eigenvalue weighted by atomic mass is 35.5. The molecule has 0 unspecified atom stereocenters. The van der Waals surface area contributed by atoms with Gasteiger partial charge in [0.1, 0.15) is 5.75 Å². The number of amides is 2. The van der Waals surface area contributed by atoms with Crippen LogP contribution in [0.15, 0.2) is 24.3 Å². The van der Waals surface area contributed by atoms with Crippen molar-refractivity contribution in [2.24, 2.45) is 11.1 Å². The van der Waals surface area contributed by atoms with Gasteiger partial charge < -0.3 is 20.7 Å². The minimum absolute atomic E-state index is 0. The van der Waals surface area contributed by atoms with Crippen LogP contribution in [0.2, 0.25) is 0 Å². The van der Waals surface area contributed by atoms with Crippen molar-refractivity contribution >= 4 is 24.2 Å². The lowest BCUT2D eigenvalue weighted by atomic mass is 9.78. The number of hydrogen-bond donors (Lipinski definition) is 2. The minimum Gasteiger partial charge on any atom is -0.484 e. The number of ether oxygens (including phenoxy) is 1. The van der Waals surface area contributed by atoms with Crippen LogP contribution < -0.4 is 15.8 Å². The fourth-order valence-corrected chi connectivity index (χ4v) is 3.44. The predicted octanol–water partition coefficient (Wildman–Crippen LogP) is 1.19. The maximum Gasteiger partial charge on any atom is 0.255 e. The number of halogens is 1. The molecule has 6 nitrogen and oxygen atoms in total. The zero-order valence-corrected chi connectivity index (χ0v) is 14.4. The zero-order chi connectivity index (χ0) is 16.3. The summed E-state index contributed by atoms with van der Waals surface area (Å²) in [6.45, 7) is 3.66. The van der Waals surface area contributed by atoms with E-state index in [4.69, 9.17) is 10.5 Å². The van der Waals surface area contributed by atoms with Gasteiger partial charge >= 0.3 is 0 Å². The van der Waals surface area contributed by atoms with E-state index in [9.17, 15) is 9.59 Å². The van der Waals surface area contributed by atoms with E-state index in [1.54, 1.807) is 24.3 Å². The van der Waals surface area contributed by atoms with Crippen molar-refractivity contribution in [2.45, 2.75) is 19.3 Å². The molecule has 3 rings (SSSR count). The van der Waals surface area contributed by atoms with E-state index in [1.165, 1.54) is 6.42 Å². The molecule has 0 aromatic heterocycles. The largest absolute Gasteiger partial charge is 0.484 e. The van der Waals surface area contributed by atoms with Gasteiger partial charge in [-0.3, -0.25) is 9.59 Å². The van der Waals surface area contributed by atoms with Crippen LogP contribution in [0.25, 0.3) is 0 Å². The van der Waals surface area contributed by atoms with Gasteiger partial charge in [0.25, 0.3) is 11.8 Å². The number of primary amides is 1. The summed E-state index contributed by atoms with van der Waals surface area (Å²) in [6.07, 6.45) is 3.37. The first-order chi connectivity index (χ1) is 11.1. The molecule has 7 heteroatoms. The molecule has 1 spiro atoms. The molecule has 24 heavy (non-hydrogen) atoms. The van der Waals surface area contributed by atoms with Crippen LogP contribution >= 0.6 is 12.4 Å². The second-order valence-corrected chi connectivity index (χ2v) is 6.50. The fourth-order valence-electron chi connectivity index (χ4n) is 3.44. The average molecular weight is 354 g/mol. The van der Waals surface area contributed by atoms with E-state index in [1.807, 2.05) is 4.90 Å². The van der Waals surface area contributed by atoms with Crippen molar-refractivity contribution in [3.05, 3.63) is 29.8 Å². The Kier molecular flexibility index (Phi) is 6.07. The standard InChI is InChI=1S/C17H23N3O3.ClH/c18-15(21)11-23-14-3-1-13(2-4-14)16(22)20-9-6-17(7-10-20)5-8-19-12-17;/h1-4,19H,5-12H2,(H2,18,21);1H. The van der Waals surface area contributed by atoms with E-state index in [-0.39, 0.29) is 24.9 Å². The Morgan fingerprint density at radius 1 is 1.17 bits per heavy atom. The summed E-state index contributed by atoms with van der Waals surface area (Å²) < 4.78 is 5.20. The summed E-state index contributed by atoms with van der Waals surface area (Å²) >= 11 is 0. The smallest absolute Gasteiger partial charge is 0.255 e. The lowest BCUT2D eigenvalue weighted by molar-refractivity contribution is -0.119. The van der Waals surface area contributed by atoms with Crippen molar-refractivity contribution in [1.82, 2.24) is 10.2 Å². The Morgan fingerprint density at radius 3 is 2.38 bits per heavy atom. The number of carbonyl (C=O) groups excluding carboxylic acids is 2. The van der Waals surface area contributed by atoms with Crippen LogP contribution in [-0.4, -0.2) is 49.5 Å². The van der Waals surface area contributed by atoms with Gasteiger partial charge in [-0.25, -0.2) is 0 Å². The van der Waals surface area contributed by atoms with Crippen LogP contribution in [0.4, 0.5) is 0 Å². The van der Waals surface area contributed by atoms with Crippen LogP contribution in [0.3, 0.4) is 0 Å². The summed E-state index contributed by atoms with van der Waals surface area (Å²) in [4.78, 5) is 25.2. The monoisotopic (exact) mass is 353 g/mol. The van der Waals surface area contributed by atoms with Crippen LogP contribution in [-0.2, 0) is 4.79 Å². The highest BCUT2D eigenvalue weighted by Gasteiger charge is 2.38. The summed E-state index contributed by atoms with van der Waals surface area (Å²) in [6, 6.07) is 6.87. The van der Waals surface area contributed by atoms with Crippen molar-refractivity contribution in [3.63, 3.8) is 0 Å². The minimum atomic E-state index is -0.520. The molecule has 132 valence electrons. The molecule has 0 aliphatic carbocycles. The Bertz CT molecular complexity index is 575. The number of rotatable bonds is 4. The molecule has 2 saturated heterocycles. The number of nitrogens with zero attached hydrogens (tertiary/aromatic N) is 1. The molecule has 0 saturated carbocycles. The van der Waals surface area contributed by atoms with Gasteiger partial charge in [-0.2, -0.15) is 0 Å². The van der Waals surface area contributed by atoms with E-state index in [2.05, 4.69) is 5.32 Å². The quantitative estimate of drug-likeness (QED) is 0.851. The molecule has 2 amide bonds. The summed E-state index contributed by atoms with van der Waals surface area (Å²) in [5, 5.41) is 3.43. The molecular weight excluding hydrogens is 330 g/mol. The Hall–Kier alpha value is -1.79. The fraction of sp³-hybridized carbons (Fsp3) is 0.529. The molecule has 1 aromatic carbocycles. The van der Waals surface area contributed by atoms with Crippen LogP contribution in [0.5, 0.6) is 5.75 Å². The first-order valence-corrected chi connectivity index (χ1v) is 8.09. The van der Waals surface area contributed by atoms with Crippen LogP contribution in [0, 0.1) is 5.41 Å². The lowest BCUT2D eigenvalue weighted by Gasteiger charge is -2.38. The topological polar surface area (TPSA) is 84.7 Å². The summed E-state index contributed by atoms with van der Waals surface area (Å²) in [7, 11) is 0. The van der Waals surface area contributed by atoms with Gasteiger partial charge in [0, 0.05) is 25.2 Å². The van der Waals surface area contributed by atoms with Gasteiger partial charge in [-0.15, -0.1) is 12.4 Å². The number of piperidine rings is 1. The Balaban J connectivity index is 0.00000208. The van der Waals surface area contributed by atoms with E-state index < -0.39 is 5.91 Å². The second kappa shape index (κ2) is 7.85. The number of benzene rings is 1. The molecule has 0 bridgehead atoms. The highest BCUT2D eigenvalue weighted by molar-refractivity contribution is 5.94. The Morgan fingerprint density at radius 2 is 1.83 bits per heavy atom. The number of hydrogen-bond acceptors (Lipinski definition) is 4. The third kappa shape index (κ3) is 4.19. The van der Waals surface area contributed by atoms with E-state index in [0.29, 0.717) is 16.7 Å². The van der Waals surface area contributed by atoms with Gasteiger partial charge in [0.15, 0.2) is 6.61 Å². The normalized spacial score (nSPS) is 18.9. The molecule has 1 aromatic rings. The first kappa shape index (κ1) is 18.5. The molecule has 2 fully saturated rings. The van der Waals surface area contributed by atoms with Gasteiger partial charge in [0.05, 0.1) is 0 Å². The van der Waals surface area contributed by atoms with E-state index in [0.717, 1.165) is 39.0 Å².